The lowest BCUT2D eigenvalue weighted by atomic mass is 10.1. The number of hydrogen-bond donors (Lipinski definition) is 1. The molecule has 1 N–H and O–H groups in total. The topological polar surface area (TPSA) is 35.6 Å². The molecule has 138 valence electrons. The number of rotatable bonds is 5. The van der Waals surface area contributed by atoms with Crippen molar-refractivity contribution in [1.82, 2.24) is 4.90 Å². The van der Waals surface area contributed by atoms with Crippen LogP contribution in [0.25, 0.3) is 10.8 Å². The Morgan fingerprint density at radius 1 is 0.815 bits per heavy atom. The SMILES string of the molecule is O=C(CCN1CCN(c2ccccc2)CC1)Nc1cccc2ccccc12. The molecule has 0 aromatic heterocycles. The zero-order valence-corrected chi connectivity index (χ0v) is 15.5. The lowest BCUT2D eigenvalue weighted by molar-refractivity contribution is -0.116. The monoisotopic (exact) mass is 359 g/mol. The fraction of sp³-hybridized carbons (Fsp3) is 0.261. The van der Waals surface area contributed by atoms with E-state index >= 15 is 0 Å². The van der Waals surface area contributed by atoms with Crippen molar-refractivity contribution in [3.63, 3.8) is 0 Å². The highest BCUT2D eigenvalue weighted by Gasteiger charge is 2.17. The Hall–Kier alpha value is -2.85. The summed E-state index contributed by atoms with van der Waals surface area (Å²) >= 11 is 0. The maximum atomic E-state index is 12.4. The van der Waals surface area contributed by atoms with Gasteiger partial charge in [0.25, 0.3) is 0 Å². The fourth-order valence-electron chi connectivity index (χ4n) is 3.68. The third kappa shape index (κ3) is 4.29. The summed E-state index contributed by atoms with van der Waals surface area (Å²) in [7, 11) is 0. The van der Waals surface area contributed by atoms with E-state index in [0.717, 1.165) is 49.2 Å². The Bertz CT molecular complexity index is 896. The minimum absolute atomic E-state index is 0.0804. The van der Waals surface area contributed by atoms with Crippen LogP contribution in [0.5, 0.6) is 0 Å². The summed E-state index contributed by atoms with van der Waals surface area (Å²) in [6, 6.07) is 24.7. The van der Waals surface area contributed by atoms with Gasteiger partial charge in [-0.2, -0.15) is 0 Å². The number of fused-ring (bicyclic) bond motifs is 1. The molecule has 0 unspecified atom stereocenters. The lowest BCUT2D eigenvalue weighted by Crippen LogP contribution is -2.47. The highest BCUT2D eigenvalue weighted by atomic mass is 16.1. The molecule has 1 saturated heterocycles. The number of nitrogens with zero attached hydrogens (tertiary/aromatic N) is 2. The fourth-order valence-corrected chi connectivity index (χ4v) is 3.68. The van der Waals surface area contributed by atoms with Gasteiger partial charge in [-0.15, -0.1) is 0 Å². The predicted molar refractivity (Wildman–Crippen MR) is 112 cm³/mol. The van der Waals surface area contributed by atoms with Gasteiger partial charge in [0, 0.05) is 55.9 Å². The molecule has 0 saturated carbocycles. The largest absolute Gasteiger partial charge is 0.369 e. The van der Waals surface area contributed by atoms with Gasteiger partial charge >= 0.3 is 0 Å². The van der Waals surface area contributed by atoms with Crippen molar-refractivity contribution < 1.29 is 4.79 Å². The van der Waals surface area contributed by atoms with Gasteiger partial charge in [0.1, 0.15) is 0 Å². The molecule has 0 bridgehead atoms. The summed E-state index contributed by atoms with van der Waals surface area (Å²) < 4.78 is 0. The van der Waals surface area contributed by atoms with Gasteiger partial charge < -0.3 is 10.2 Å². The van der Waals surface area contributed by atoms with Gasteiger partial charge in [0.05, 0.1) is 0 Å². The van der Waals surface area contributed by atoms with E-state index in [2.05, 4.69) is 51.5 Å². The molecule has 1 amide bonds. The van der Waals surface area contributed by atoms with E-state index in [-0.39, 0.29) is 5.91 Å². The van der Waals surface area contributed by atoms with Crippen LogP contribution in [0.1, 0.15) is 6.42 Å². The van der Waals surface area contributed by atoms with Gasteiger partial charge in [0.2, 0.25) is 5.91 Å². The number of carbonyl (C=O) groups excluding carboxylic acids is 1. The molecule has 4 heteroatoms. The summed E-state index contributed by atoms with van der Waals surface area (Å²) in [6.07, 6.45) is 0.522. The molecule has 1 aliphatic rings. The van der Waals surface area contributed by atoms with Crippen LogP contribution in [0.4, 0.5) is 11.4 Å². The zero-order chi connectivity index (χ0) is 18.5. The molecule has 1 fully saturated rings. The number of nitrogens with one attached hydrogen (secondary N) is 1. The summed E-state index contributed by atoms with van der Waals surface area (Å²) in [4.78, 5) is 17.2. The van der Waals surface area contributed by atoms with E-state index in [0.29, 0.717) is 6.42 Å². The average molecular weight is 359 g/mol. The quantitative estimate of drug-likeness (QED) is 0.748. The smallest absolute Gasteiger partial charge is 0.225 e. The van der Waals surface area contributed by atoms with E-state index in [9.17, 15) is 4.79 Å². The molecule has 1 heterocycles. The Labute approximate surface area is 160 Å². The van der Waals surface area contributed by atoms with Crippen LogP contribution >= 0.6 is 0 Å². The Morgan fingerprint density at radius 2 is 1.52 bits per heavy atom. The molecule has 0 spiro atoms. The second-order valence-corrected chi connectivity index (χ2v) is 6.99. The molecule has 0 atom stereocenters. The number of amides is 1. The van der Waals surface area contributed by atoms with Crippen molar-refractivity contribution in [3.05, 3.63) is 72.8 Å². The van der Waals surface area contributed by atoms with Crippen molar-refractivity contribution in [3.8, 4) is 0 Å². The first-order valence-corrected chi connectivity index (χ1v) is 9.59. The van der Waals surface area contributed by atoms with Crippen molar-refractivity contribution in [2.24, 2.45) is 0 Å². The number of hydrogen-bond acceptors (Lipinski definition) is 3. The Morgan fingerprint density at radius 3 is 2.33 bits per heavy atom. The normalized spacial score (nSPS) is 15.0. The number of para-hydroxylation sites is 1. The Kier molecular flexibility index (Phi) is 5.35. The maximum absolute atomic E-state index is 12.4. The van der Waals surface area contributed by atoms with E-state index in [1.807, 2.05) is 36.4 Å². The molecule has 3 aromatic carbocycles. The van der Waals surface area contributed by atoms with Crippen molar-refractivity contribution in [1.29, 1.82) is 0 Å². The minimum Gasteiger partial charge on any atom is -0.369 e. The zero-order valence-electron chi connectivity index (χ0n) is 15.5. The van der Waals surface area contributed by atoms with E-state index in [4.69, 9.17) is 0 Å². The van der Waals surface area contributed by atoms with E-state index in [1.54, 1.807) is 0 Å². The van der Waals surface area contributed by atoms with Gasteiger partial charge in [-0.25, -0.2) is 0 Å². The van der Waals surface area contributed by atoms with Crippen molar-refractivity contribution in [2.75, 3.05) is 42.9 Å². The van der Waals surface area contributed by atoms with Crippen LogP contribution in [-0.2, 0) is 4.79 Å². The second kappa shape index (κ2) is 8.23. The summed E-state index contributed by atoms with van der Waals surface area (Å²) in [6.45, 7) is 4.82. The second-order valence-electron chi connectivity index (χ2n) is 6.99. The predicted octanol–water partition coefficient (Wildman–Crippen LogP) is 3.99. The molecule has 0 radical (unpaired) electrons. The van der Waals surface area contributed by atoms with Crippen LogP contribution in [0, 0.1) is 0 Å². The molecule has 27 heavy (non-hydrogen) atoms. The van der Waals surface area contributed by atoms with Crippen LogP contribution in [0.3, 0.4) is 0 Å². The van der Waals surface area contributed by atoms with Crippen LogP contribution in [0.2, 0.25) is 0 Å². The molecular formula is C23H25N3O. The maximum Gasteiger partial charge on any atom is 0.225 e. The molecule has 4 nitrogen and oxygen atoms in total. The number of piperazine rings is 1. The molecule has 3 aromatic rings. The number of carbonyl (C=O) groups is 1. The lowest BCUT2D eigenvalue weighted by Gasteiger charge is -2.36. The summed E-state index contributed by atoms with van der Waals surface area (Å²) in [5, 5.41) is 5.32. The van der Waals surface area contributed by atoms with Gasteiger partial charge in [-0.05, 0) is 23.6 Å². The average Bonchev–Trinajstić information content (AvgIpc) is 2.74. The first-order chi connectivity index (χ1) is 13.3. The third-order valence-corrected chi connectivity index (χ3v) is 5.21. The highest BCUT2D eigenvalue weighted by molar-refractivity contribution is 6.02. The number of anilines is 2. The summed E-state index contributed by atoms with van der Waals surface area (Å²) in [5.74, 6) is 0.0804. The molecule has 4 rings (SSSR count). The van der Waals surface area contributed by atoms with E-state index in [1.165, 1.54) is 5.69 Å². The van der Waals surface area contributed by atoms with E-state index < -0.39 is 0 Å². The van der Waals surface area contributed by atoms with Crippen molar-refractivity contribution >= 4 is 28.1 Å². The van der Waals surface area contributed by atoms with Crippen molar-refractivity contribution in [2.45, 2.75) is 6.42 Å². The summed E-state index contributed by atoms with van der Waals surface area (Å²) in [5.41, 5.74) is 2.18. The first-order valence-electron chi connectivity index (χ1n) is 9.59. The molecular weight excluding hydrogens is 334 g/mol. The Balaban J connectivity index is 1.28. The minimum atomic E-state index is 0.0804. The highest BCUT2D eigenvalue weighted by Crippen LogP contribution is 2.23. The third-order valence-electron chi connectivity index (χ3n) is 5.21. The van der Waals surface area contributed by atoms with Gasteiger partial charge in [-0.1, -0.05) is 54.6 Å². The van der Waals surface area contributed by atoms with Crippen LogP contribution in [-0.4, -0.2) is 43.5 Å². The first kappa shape index (κ1) is 17.6. The van der Waals surface area contributed by atoms with Crippen LogP contribution < -0.4 is 10.2 Å². The van der Waals surface area contributed by atoms with Gasteiger partial charge in [0.15, 0.2) is 0 Å². The molecule has 1 aliphatic heterocycles. The standard InChI is InChI=1S/C23H25N3O/c27-23(24-22-12-6-8-19-7-4-5-11-21(19)22)13-14-25-15-17-26(18-16-25)20-9-2-1-3-10-20/h1-12H,13-18H2,(H,24,27). The molecule has 0 aliphatic carbocycles. The number of benzene rings is 3. The van der Waals surface area contributed by atoms with Crippen LogP contribution in [0.15, 0.2) is 72.8 Å². The van der Waals surface area contributed by atoms with Gasteiger partial charge in [-0.3, -0.25) is 9.69 Å².